The van der Waals surface area contributed by atoms with E-state index in [-0.39, 0.29) is 24.7 Å². The van der Waals surface area contributed by atoms with Crippen molar-refractivity contribution in [1.82, 2.24) is 16.0 Å². The Morgan fingerprint density at radius 3 is 1.82 bits per heavy atom. The number of amides is 3. The van der Waals surface area contributed by atoms with Crippen molar-refractivity contribution < 1.29 is 24.3 Å². The lowest BCUT2D eigenvalue weighted by Gasteiger charge is -2.26. The molecule has 0 aromatic heterocycles. The van der Waals surface area contributed by atoms with Gasteiger partial charge in [-0.1, -0.05) is 74.5 Å². The van der Waals surface area contributed by atoms with E-state index in [4.69, 9.17) is 5.11 Å². The standard InChI is InChI=1S/C25H31N3O5/c1-16(2)22(24(31)26-17(3)25(32)33)28-23(30)20(14-18-10-6-4-7-11-18)27-21(29)15-19-12-8-5-9-13-19/h4-13,16-17,20,22H,14-15H2,1-3H3,(H,26,31)(H,27,29)(H,28,30)(H,32,33)/t17-,20-,22-/m0/s1. The van der Waals surface area contributed by atoms with Gasteiger partial charge in [-0.15, -0.1) is 0 Å². The third-order valence-electron chi connectivity index (χ3n) is 5.12. The lowest BCUT2D eigenvalue weighted by atomic mass is 10.0. The molecule has 8 heteroatoms. The first kappa shape index (κ1) is 25.6. The number of carboxylic acids is 1. The van der Waals surface area contributed by atoms with E-state index in [9.17, 15) is 19.2 Å². The molecule has 4 N–H and O–H groups in total. The van der Waals surface area contributed by atoms with Crippen molar-refractivity contribution in [3.63, 3.8) is 0 Å². The predicted octanol–water partition coefficient (Wildman–Crippen LogP) is 1.69. The Hall–Kier alpha value is -3.68. The Bertz CT molecular complexity index is 947. The molecule has 0 aliphatic rings. The Morgan fingerprint density at radius 1 is 0.758 bits per heavy atom. The van der Waals surface area contributed by atoms with Crippen LogP contribution in [0.25, 0.3) is 0 Å². The number of rotatable bonds is 11. The van der Waals surface area contributed by atoms with Crippen LogP contribution in [0, 0.1) is 5.92 Å². The third-order valence-corrected chi connectivity index (χ3v) is 5.12. The van der Waals surface area contributed by atoms with Crippen LogP contribution in [-0.2, 0) is 32.0 Å². The van der Waals surface area contributed by atoms with Gasteiger partial charge in [0.2, 0.25) is 17.7 Å². The van der Waals surface area contributed by atoms with Gasteiger partial charge in [-0.25, -0.2) is 0 Å². The van der Waals surface area contributed by atoms with E-state index in [0.717, 1.165) is 11.1 Å². The maximum absolute atomic E-state index is 13.2. The molecule has 0 aliphatic carbocycles. The summed E-state index contributed by atoms with van der Waals surface area (Å²) in [5.74, 6) is -2.90. The summed E-state index contributed by atoms with van der Waals surface area (Å²) in [6.45, 7) is 4.84. The number of hydrogen-bond acceptors (Lipinski definition) is 4. The van der Waals surface area contributed by atoms with E-state index in [1.165, 1.54) is 6.92 Å². The Kier molecular flexibility index (Phi) is 9.60. The normalized spacial score (nSPS) is 13.5. The molecule has 0 bridgehead atoms. The van der Waals surface area contributed by atoms with Crippen molar-refractivity contribution in [3.8, 4) is 0 Å². The van der Waals surface area contributed by atoms with Crippen molar-refractivity contribution in [2.24, 2.45) is 5.92 Å². The van der Waals surface area contributed by atoms with Crippen LogP contribution in [0.15, 0.2) is 60.7 Å². The first-order chi connectivity index (χ1) is 15.7. The van der Waals surface area contributed by atoms with Gasteiger partial charge in [0.15, 0.2) is 0 Å². The molecule has 3 atom stereocenters. The number of nitrogens with one attached hydrogen (secondary N) is 3. The summed E-state index contributed by atoms with van der Waals surface area (Å²) in [6.07, 6.45) is 0.356. The summed E-state index contributed by atoms with van der Waals surface area (Å²) in [5.41, 5.74) is 1.67. The second kappa shape index (κ2) is 12.4. The van der Waals surface area contributed by atoms with Gasteiger partial charge < -0.3 is 21.1 Å². The molecule has 0 saturated heterocycles. The number of carbonyl (C=O) groups is 4. The fraction of sp³-hybridized carbons (Fsp3) is 0.360. The Morgan fingerprint density at radius 2 is 1.30 bits per heavy atom. The van der Waals surface area contributed by atoms with E-state index in [1.807, 2.05) is 60.7 Å². The van der Waals surface area contributed by atoms with Crippen molar-refractivity contribution >= 4 is 23.7 Å². The predicted molar refractivity (Wildman–Crippen MR) is 124 cm³/mol. The highest BCUT2D eigenvalue weighted by atomic mass is 16.4. The molecular formula is C25H31N3O5. The lowest BCUT2D eigenvalue weighted by molar-refractivity contribution is -0.142. The molecule has 0 unspecified atom stereocenters. The summed E-state index contributed by atoms with van der Waals surface area (Å²) in [4.78, 5) is 49.5. The summed E-state index contributed by atoms with van der Waals surface area (Å²) in [6, 6.07) is 15.5. The highest BCUT2D eigenvalue weighted by Crippen LogP contribution is 2.08. The molecule has 2 rings (SSSR count). The van der Waals surface area contributed by atoms with E-state index in [0.29, 0.717) is 0 Å². The van der Waals surface area contributed by atoms with E-state index in [1.54, 1.807) is 13.8 Å². The number of aliphatic carboxylic acids is 1. The molecule has 0 fully saturated rings. The minimum absolute atomic E-state index is 0.115. The molecule has 8 nitrogen and oxygen atoms in total. The van der Waals surface area contributed by atoms with Crippen LogP contribution < -0.4 is 16.0 Å². The zero-order valence-corrected chi connectivity index (χ0v) is 19.1. The van der Waals surface area contributed by atoms with Crippen LogP contribution in [0.3, 0.4) is 0 Å². The number of hydrogen-bond donors (Lipinski definition) is 4. The van der Waals surface area contributed by atoms with E-state index < -0.39 is 35.9 Å². The monoisotopic (exact) mass is 453 g/mol. The first-order valence-electron chi connectivity index (χ1n) is 10.9. The minimum atomic E-state index is -1.17. The van der Waals surface area contributed by atoms with Crippen LogP contribution in [0.4, 0.5) is 0 Å². The Balaban J connectivity index is 2.15. The van der Waals surface area contributed by atoms with Crippen molar-refractivity contribution in [1.29, 1.82) is 0 Å². The average Bonchev–Trinajstić information content (AvgIpc) is 2.77. The molecule has 33 heavy (non-hydrogen) atoms. The SMILES string of the molecule is CC(C)[C@H](NC(=O)[C@H](Cc1ccccc1)NC(=O)Cc1ccccc1)C(=O)N[C@@H](C)C(=O)O. The van der Waals surface area contributed by atoms with E-state index in [2.05, 4.69) is 16.0 Å². The minimum Gasteiger partial charge on any atom is -0.480 e. The molecular weight excluding hydrogens is 422 g/mol. The number of carboxylic acid groups (broad SMARTS) is 1. The summed E-state index contributed by atoms with van der Waals surface area (Å²) >= 11 is 0. The van der Waals surface area contributed by atoms with Crippen LogP contribution in [-0.4, -0.2) is 46.9 Å². The van der Waals surface area contributed by atoms with Crippen LogP contribution >= 0.6 is 0 Å². The lowest BCUT2D eigenvalue weighted by Crippen LogP contribution is -2.57. The quantitative estimate of drug-likeness (QED) is 0.412. The fourth-order valence-electron chi connectivity index (χ4n) is 3.24. The van der Waals surface area contributed by atoms with Crippen LogP contribution in [0.1, 0.15) is 31.9 Å². The maximum Gasteiger partial charge on any atom is 0.325 e. The van der Waals surface area contributed by atoms with E-state index >= 15 is 0 Å². The molecule has 2 aromatic rings. The highest BCUT2D eigenvalue weighted by molar-refractivity contribution is 5.93. The van der Waals surface area contributed by atoms with Crippen molar-refractivity contribution in [2.45, 2.75) is 51.7 Å². The second-order valence-corrected chi connectivity index (χ2v) is 8.27. The van der Waals surface area contributed by atoms with Gasteiger partial charge >= 0.3 is 5.97 Å². The first-order valence-corrected chi connectivity index (χ1v) is 10.9. The zero-order chi connectivity index (χ0) is 24.4. The van der Waals surface area contributed by atoms with Crippen LogP contribution in [0.2, 0.25) is 0 Å². The van der Waals surface area contributed by atoms with Gasteiger partial charge in [0.25, 0.3) is 0 Å². The largest absolute Gasteiger partial charge is 0.480 e. The van der Waals surface area contributed by atoms with Gasteiger partial charge in [-0.05, 0) is 24.0 Å². The average molecular weight is 454 g/mol. The fourth-order valence-corrected chi connectivity index (χ4v) is 3.24. The molecule has 176 valence electrons. The van der Waals surface area contributed by atoms with Gasteiger partial charge in [-0.2, -0.15) is 0 Å². The molecule has 0 spiro atoms. The van der Waals surface area contributed by atoms with Crippen molar-refractivity contribution in [3.05, 3.63) is 71.8 Å². The molecule has 0 aliphatic heterocycles. The third kappa shape index (κ3) is 8.40. The van der Waals surface area contributed by atoms with Gasteiger partial charge in [0.1, 0.15) is 18.1 Å². The number of carbonyl (C=O) groups excluding carboxylic acids is 3. The van der Waals surface area contributed by atoms with Gasteiger partial charge in [0, 0.05) is 6.42 Å². The Labute approximate surface area is 193 Å². The topological polar surface area (TPSA) is 125 Å². The van der Waals surface area contributed by atoms with Gasteiger partial charge in [-0.3, -0.25) is 19.2 Å². The molecule has 3 amide bonds. The highest BCUT2D eigenvalue weighted by Gasteiger charge is 2.30. The molecule has 0 heterocycles. The van der Waals surface area contributed by atoms with Crippen LogP contribution in [0.5, 0.6) is 0 Å². The molecule has 0 radical (unpaired) electrons. The van der Waals surface area contributed by atoms with Gasteiger partial charge in [0.05, 0.1) is 6.42 Å². The summed E-state index contributed by atoms with van der Waals surface area (Å²) in [5, 5.41) is 16.9. The summed E-state index contributed by atoms with van der Waals surface area (Å²) in [7, 11) is 0. The van der Waals surface area contributed by atoms with Crippen molar-refractivity contribution in [2.75, 3.05) is 0 Å². The number of benzene rings is 2. The molecule has 2 aromatic carbocycles. The molecule has 0 saturated carbocycles. The maximum atomic E-state index is 13.2. The second-order valence-electron chi connectivity index (χ2n) is 8.27. The summed E-state index contributed by atoms with van der Waals surface area (Å²) < 4.78 is 0. The zero-order valence-electron chi connectivity index (χ0n) is 19.1. The smallest absolute Gasteiger partial charge is 0.325 e.